The molecule has 55 valence electrons. The zero-order chi connectivity index (χ0) is 7.84. The van der Waals surface area contributed by atoms with E-state index in [2.05, 4.69) is 11.9 Å². The minimum Gasteiger partial charge on any atom is -0.357 e. The maximum absolute atomic E-state index is 5.95. The van der Waals surface area contributed by atoms with Gasteiger partial charge in [0.25, 0.3) is 0 Å². The molecule has 1 radical (unpaired) electrons. The second-order valence-electron chi connectivity index (χ2n) is 2.46. The number of halogens is 1. The lowest BCUT2D eigenvalue weighted by Crippen LogP contribution is -1.66. The first kappa shape index (κ1) is 6.74. The zero-order valence-electron chi connectivity index (χ0n) is 5.89. The lowest BCUT2D eigenvalue weighted by Gasteiger charge is -1.85. The predicted octanol–water partition coefficient (Wildman–Crippen LogP) is 3.00. The standard InChI is InChI=1S/C9H7ClN/c1-6-9(10)7-4-2-3-5-8(7)11-6/h2-5,11H,1H2. The van der Waals surface area contributed by atoms with Gasteiger partial charge in [-0.3, -0.25) is 0 Å². The molecule has 0 aliphatic carbocycles. The monoisotopic (exact) mass is 164 g/mol. The van der Waals surface area contributed by atoms with Crippen LogP contribution in [0.3, 0.4) is 0 Å². The molecule has 0 spiro atoms. The van der Waals surface area contributed by atoms with Gasteiger partial charge in [-0.05, 0) is 13.0 Å². The topological polar surface area (TPSA) is 15.8 Å². The summed E-state index contributed by atoms with van der Waals surface area (Å²) >= 11 is 5.95. The highest BCUT2D eigenvalue weighted by Crippen LogP contribution is 2.25. The molecule has 2 rings (SSSR count). The lowest BCUT2D eigenvalue weighted by atomic mass is 10.2. The van der Waals surface area contributed by atoms with E-state index in [4.69, 9.17) is 11.6 Å². The van der Waals surface area contributed by atoms with Crippen molar-refractivity contribution in [2.24, 2.45) is 0 Å². The van der Waals surface area contributed by atoms with Gasteiger partial charge in [-0.2, -0.15) is 0 Å². The highest BCUT2D eigenvalue weighted by Gasteiger charge is 2.02. The van der Waals surface area contributed by atoms with Gasteiger partial charge in [0.1, 0.15) is 0 Å². The van der Waals surface area contributed by atoms with Crippen molar-refractivity contribution in [3.05, 3.63) is 41.9 Å². The van der Waals surface area contributed by atoms with Crippen molar-refractivity contribution in [3.8, 4) is 0 Å². The van der Waals surface area contributed by atoms with Gasteiger partial charge in [-0.25, -0.2) is 0 Å². The van der Waals surface area contributed by atoms with E-state index in [1.807, 2.05) is 24.3 Å². The first-order chi connectivity index (χ1) is 5.29. The molecule has 0 bridgehead atoms. The number of para-hydroxylation sites is 1. The highest BCUT2D eigenvalue weighted by molar-refractivity contribution is 6.36. The van der Waals surface area contributed by atoms with Crippen LogP contribution in [0.2, 0.25) is 5.02 Å². The van der Waals surface area contributed by atoms with E-state index in [0.29, 0.717) is 0 Å². The third-order valence-corrected chi connectivity index (χ3v) is 2.15. The molecule has 1 nitrogen and oxygen atoms in total. The van der Waals surface area contributed by atoms with E-state index < -0.39 is 0 Å². The van der Waals surface area contributed by atoms with Gasteiger partial charge in [0.15, 0.2) is 0 Å². The molecule has 0 aliphatic rings. The third kappa shape index (κ3) is 0.925. The molecule has 1 aromatic carbocycles. The Hall–Kier alpha value is -0.950. The molecule has 0 atom stereocenters. The molecule has 11 heavy (non-hydrogen) atoms. The second kappa shape index (κ2) is 2.28. The van der Waals surface area contributed by atoms with Crippen molar-refractivity contribution >= 4 is 22.5 Å². The molecule has 1 N–H and O–H groups in total. The van der Waals surface area contributed by atoms with Gasteiger partial charge < -0.3 is 4.98 Å². The van der Waals surface area contributed by atoms with Gasteiger partial charge in [0.05, 0.1) is 5.02 Å². The van der Waals surface area contributed by atoms with E-state index in [9.17, 15) is 0 Å². The van der Waals surface area contributed by atoms with E-state index in [1.54, 1.807) is 0 Å². The van der Waals surface area contributed by atoms with Crippen LogP contribution in [0.5, 0.6) is 0 Å². The average molecular weight is 165 g/mol. The molecule has 2 aromatic rings. The van der Waals surface area contributed by atoms with Gasteiger partial charge in [0, 0.05) is 16.6 Å². The average Bonchev–Trinajstić information content (AvgIpc) is 2.30. The molecule has 2 heteroatoms. The van der Waals surface area contributed by atoms with Crippen LogP contribution >= 0.6 is 11.6 Å². The van der Waals surface area contributed by atoms with Crippen molar-refractivity contribution in [3.63, 3.8) is 0 Å². The fraction of sp³-hybridized carbons (Fsp3) is 0. The Morgan fingerprint density at radius 3 is 2.73 bits per heavy atom. The fourth-order valence-corrected chi connectivity index (χ4v) is 1.38. The maximum atomic E-state index is 5.95. The summed E-state index contributed by atoms with van der Waals surface area (Å²) in [5.74, 6) is 0. The van der Waals surface area contributed by atoms with Gasteiger partial charge in [-0.15, -0.1) is 0 Å². The van der Waals surface area contributed by atoms with Crippen LogP contribution in [-0.4, -0.2) is 4.98 Å². The Bertz CT molecular complexity index is 389. The number of hydrogen-bond donors (Lipinski definition) is 1. The van der Waals surface area contributed by atoms with Crippen molar-refractivity contribution in [2.45, 2.75) is 0 Å². The van der Waals surface area contributed by atoms with E-state index in [0.717, 1.165) is 21.6 Å². The zero-order valence-corrected chi connectivity index (χ0v) is 6.65. The van der Waals surface area contributed by atoms with E-state index >= 15 is 0 Å². The number of benzene rings is 1. The third-order valence-electron chi connectivity index (χ3n) is 1.71. The van der Waals surface area contributed by atoms with E-state index in [1.165, 1.54) is 0 Å². The Balaban J connectivity index is 2.92. The van der Waals surface area contributed by atoms with Crippen LogP contribution in [0.15, 0.2) is 24.3 Å². The summed E-state index contributed by atoms with van der Waals surface area (Å²) in [7, 11) is 0. The molecule has 0 amide bonds. The smallest absolute Gasteiger partial charge is 0.0691 e. The number of rotatable bonds is 0. The summed E-state index contributed by atoms with van der Waals surface area (Å²) in [5.41, 5.74) is 1.83. The second-order valence-corrected chi connectivity index (χ2v) is 2.84. The van der Waals surface area contributed by atoms with Crippen LogP contribution in [0.25, 0.3) is 10.9 Å². The first-order valence-electron chi connectivity index (χ1n) is 3.37. The summed E-state index contributed by atoms with van der Waals surface area (Å²) in [4.78, 5) is 3.08. The Kier molecular flexibility index (Phi) is 1.40. The molecule has 1 heterocycles. The van der Waals surface area contributed by atoms with Crippen molar-refractivity contribution in [2.75, 3.05) is 0 Å². The van der Waals surface area contributed by atoms with Crippen LogP contribution in [-0.2, 0) is 0 Å². The number of fused-ring (bicyclic) bond motifs is 1. The molecule has 0 fully saturated rings. The number of aromatic nitrogens is 1. The van der Waals surface area contributed by atoms with Crippen LogP contribution in [0, 0.1) is 6.92 Å². The SMILES string of the molecule is [CH2]c1[nH]c2ccccc2c1Cl. The Labute approximate surface area is 70.0 Å². The summed E-state index contributed by atoms with van der Waals surface area (Å²) < 4.78 is 0. The first-order valence-corrected chi connectivity index (χ1v) is 3.75. The largest absolute Gasteiger partial charge is 0.357 e. The quantitative estimate of drug-likeness (QED) is 0.616. The van der Waals surface area contributed by atoms with Crippen molar-refractivity contribution < 1.29 is 0 Å². The van der Waals surface area contributed by atoms with Crippen LogP contribution in [0.4, 0.5) is 0 Å². The van der Waals surface area contributed by atoms with Crippen molar-refractivity contribution in [1.82, 2.24) is 4.98 Å². The molecule has 0 saturated carbocycles. The normalized spacial score (nSPS) is 10.7. The number of hydrogen-bond acceptors (Lipinski definition) is 0. The minimum atomic E-state index is 0.723. The highest BCUT2D eigenvalue weighted by atomic mass is 35.5. The minimum absolute atomic E-state index is 0.723. The van der Waals surface area contributed by atoms with Crippen LogP contribution < -0.4 is 0 Å². The van der Waals surface area contributed by atoms with Crippen LogP contribution in [0.1, 0.15) is 5.69 Å². The van der Waals surface area contributed by atoms with Crippen molar-refractivity contribution in [1.29, 1.82) is 0 Å². The van der Waals surface area contributed by atoms with Gasteiger partial charge >= 0.3 is 0 Å². The predicted molar refractivity (Wildman–Crippen MR) is 47.8 cm³/mol. The number of H-pyrrole nitrogens is 1. The molecule has 0 saturated heterocycles. The molecular weight excluding hydrogens is 158 g/mol. The lowest BCUT2D eigenvalue weighted by molar-refractivity contribution is 1.39. The summed E-state index contributed by atoms with van der Waals surface area (Å²) in [5, 5.41) is 1.76. The molecule has 1 aromatic heterocycles. The molecule has 0 aliphatic heterocycles. The summed E-state index contributed by atoms with van der Waals surface area (Å²) in [6.07, 6.45) is 0. The number of nitrogens with one attached hydrogen (secondary N) is 1. The molecular formula is C9H7ClN. The summed E-state index contributed by atoms with van der Waals surface area (Å²) in [6.45, 7) is 3.77. The van der Waals surface area contributed by atoms with Gasteiger partial charge in [0.2, 0.25) is 0 Å². The number of aromatic amines is 1. The summed E-state index contributed by atoms with van der Waals surface area (Å²) in [6, 6.07) is 7.88. The molecule has 0 unspecified atom stereocenters. The van der Waals surface area contributed by atoms with Gasteiger partial charge in [-0.1, -0.05) is 29.8 Å². The Morgan fingerprint density at radius 2 is 2.00 bits per heavy atom. The Morgan fingerprint density at radius 1 is 1.27 bits per heavy atom. The fourth-order valence-electron chi connectivity index (χ4n) is 1.16. The van der Waals surface area contributed by atoms with E-state index in [-0.39, 0.29) is 0 Å². The maximum Gasteiger partial charge on any atom is 0.0691 e.